The van der Waals surface area contributed by atoms with Crippen LogP contribution in [0.5, 0.6) is 0 Å². The van der Waals surface area contributed by atoms with Crippen molar-refractivity contribution in [2.24, 2.45) is 0 Å². The van der Waals surface area contributed by atoms with E-state index in [0.717, 1.165) is 6.07 Å². The SMILES string of the molecule is O=C(Nc1ccccc1C(=O)NCCCO)c1ccc([N+](=O)[O-])cc1Cl. The van der Waals surface area contributed by atoms with Gasteiger partial charge in [0.15, 0.2) is 0 Å². The summed E-state index contributed by atoms with van der Waals surface area (Å²) in [4.78, 5) is 34.7. The molecule has 0 aliphatic carbocycles. The lowest BCUT2D eigenvalue weighted by Gasteiger charge is -2.12. The van der Waals surface area contributed by atoms with Gasteiger partial charge in [-0.2, -0.15) is 0 Å². The number of aliphatic hydroxyl groups is 1. The molecule has 0 fully saturated rings. The fourth-order valence-electron chi connectivity index (χ4n) is 2.16. The highest BCUT2D eigenvalue weighted by Crippen LogP contribution is 2.24. The molecule has 8 nitrogen and oxygen atoms in total. The number of para-hydroxylation sites is 1. The van der Waals surface area contributed by atoms with E-state index >= 15 is 0 Å². The number of nitro benzene ring substituents is 1. The predicted molar refractivity (Wildman–Crippen MR) is 96.5 cm³/mol. The zero-order valence-electron chi connectivity index (χ0n) is 13.6. The highest BCUT2D eigenvalue weighted by atomic mass is 35.5. The molecule has 0 radical (unpaired) electrons. The number of rotatable bonds is 7. The molecule has 136 valence electrons. The normalized spacial score (nSPS) is 10.2. The maximum absolute atomic E-state index is 12.4. The first-order valence-corrected chi connectivity index (χ1v) is 8.05. The minimum atomic E-state index is -0.612. The molecular weight excluding hydrogens is 362 g/mol. The minimum absolute atomic E-state index is 0.0443. The molecule has 2 rings (SSSR count). The van der Waals surface area contributed by atoms with E-state index in [-0.39, 0.29) is 34.1 Å². The number of nitro groups is 1. The number of anilines is 1. The number of carbonyl (C=O) groups is 2. The smallest absolute Gasteiger partial charge is 0.270 e. The van der Waals surface area contributed by atoms with Crippen LogP contribution in [0, 0.1) is 10.1 Å². The third-order valence-corrected chi connectivity index (χ3v) is 3.76. The van der Waals surface area contributed by atoms with Gasteiger partial charge in [-0.1, -0.05) is 23.7 Å². The van der Waals surface area contributed by atoms with Crippen LogP contribution in [-0.4, -0.2) is 35.0 Å². The molecule has 0 atom stereocenters. The van der Waals surface area contributed by atoms with E-state index in [2.05, 4.69) is 10.6 Å². The molecule has 0 heterocycles. The number of nitrogens with zero attached hydrogens (tertiary/aromatic N) is 1. The molecule has 0 saturated heterocycles. The Bertz CT molecular complexity index is 841. The molecular formula is C17H16ClN3O5. The monoisotopic (exact) mass is 377 g/mol. The Morgan fingerprint density at radius 1 is 1.12 bits per heavy atom. The Hall–Kier alpha value is -2.97. The third-order valence-electron chi connectivity index (χ3n) is 3.45. The molecule has 9 heteroatoms. The van der Waals surface area contributed by atoms with Gasteiger partial charge in [0.1, 0.15) is 0 Å². The largest absolute Gasteiger partial charge is 0.396 e. The third kappa shape index (κ3) is 4.78. The molecule has 0 spiro atoms. The minimum Gasteiger partial charge on any atom is -0.396 e. The fraction of sp³-hybridized carbons (Fsp3) is 0.176. The number of benzene rings is 2. The van der Waals surface area contributed by atoms with Crippen molar-refractivity contribution < 1.29 is 19.6 Å². The zero-order valence-corrected chi connectivity index (χ0v) is 14.3. The number of halogens is 1. The van der Waals surface area contributed by atoms with E-state index in [9.17, 15) is 19.7 Å². The molecule has 0 aliphatic rings. The average molecular weight is 378 g/mol. The summed E-state index contributed by atoms with van der Waals surface area (Å²) in [6.07, 6.45) is 0.415. The van der Waals surface area contributed by atoms with Gasteiger partial charge in [-0.15, -0.1) is 0 Å². The fourth-order valence-corrected chi connectivity index (χ4v) is 2.42. The van der Waals surface area contributed by atoms with Gasteiger partial charge >= 0.3 is 0 Å². The van der Waals surface area contributed by atoms with Gasteiger partial charge in [0, 0.05) is 25.3 Å². The first-order chi connectivity index (χ1) is 12.4. The van der Waals surface area contributed by atoms with Crippen molar-refractivity contribution in [1.82, 2.24) is 5.32 Å². The predicted octanol–water partition coefficient (Wildman–Crippen LogP) is 2.61. The van der Waals surface area contributed by atoms with Gasteiger partial charge < -0.3 is 15.7 Å². The topological polar surface area (TPSA) is 122 Å². The number of hydrogen-bond donors (Lipinski definition) is 3. The van der Waals surface area contributed by atoms with Crippen LogP contribution in [0.4, 0.5) is 11.4 Å². The standard InChI is InChI=1S/C17H16ClN3O5/c18-14-10-11(21(25)26)6-7-12(14)17(24)20-15-5-2-1-4-13(15)16(23)19-8-3-9-22/h1-2,4-7,10,22H,3,8-9H2,(H,19,23)(H,20,24). The van der Waals surface area contributed by atoms with Crippen molar-refractivity contribution >= 4 is 34.8 Å². The van der Waals surface area contributed by atoms with Gasteiger partial charge in [0.05, 0.1) is 26.8 Å². The summed E-state index contributed by atoms with van der Waals surface area (Å²) >= 11 is 5.95. The Labute approximate surface area is 153 Å². The number of aliphatic hydroxyl groups excluding tert-OH is 1. The number of hydrogen-bond acceptors (Lipinski definition) is 5. The van der Waals surface area contributed by atoms with Crippen molar-refractivity contribution in [1.29, 1.82) is 0 Å². The first-order valence-electron chi connectivity index (χ1n) is 7.67. The van der Waals surface area contributed by atoms with E-state index in [1.165, 1.54) is 12.1 Å². The van der Waals surface area contributed by atoms with Gasteiger partial charge in [0.2, 0.25) is 0 Å². The molecule has 0 unspecified atom stereocenters. The van der Waals surface area contributed by atoms with Crippen LogP contribution >= 0.6 is 11.6 Å². The van der Waals surface area contributed by atoms with Crippen LogP contribution in [0.15, 0.2) is 42.5 Å². The highest BCUT2D eigenvalue weighted by Gasteiger charge is 2.17. The lowest BCUT2D eigenvalue weighted by molar-refractivity contribution is -0.384. The molecule has 0 saturated carbocycles. The van der Waals surface area contributed by atoms with Crippen LogP contribution in [0.1, 0.15) is 27.1 Å². The van der Waals surface area contributed by atoms with Gasteiger partial charge in [0.25, 0.3) is 17.5 Å². The van der Waals surface area contributed by atoms with Crippen molar-refractivity contribution in [3.63, 3.8) is 0 Å². The summed E-state index contributed by atoms with van der Waals surface area (Å²) in [5.41, 5.74) is 0.341. The van der Waals surface area contributed by atoms with Gasteiger partial charge in [-0.25, -0.2) is 0 Å². The Morgan fingerprint density at radius 3 is 2.50 bits per heavy atom. The second-order valence-corrected chi connectivity index (χ2v) is 5.66. The van der Waals surface area contributed by atoms with Crippen LogP contribution in [0.2, 0.25) is 5.02 Å². The van der Waals surface area contributed by atoms with Crippen LogP contribution in [-0.2, 0) is 0 Å². The van der Waals surface area contributed by atoms with Crippen LogP contribution in [0.3, 0.4) is 0 Å². The van der Waals surface area contributed by atoms with E-state index in [4.69, 9.17) is 16.7 Å². The number of amides is 2. The summed E-state index contributed by atoms with van der Waals surface area (Å²) in [5, 5.41) is 24.7. The molecule has 2 aromatic rings. The van der Waals surface area contributed by atoms with Crippen molar-refractivity contribution in [2.45, 2.75) is 6.42 Å². The Balaban J connectivity index is 2.19. The number of carbonyl (C=O) groups excluding carboxylic acids is 2. The second kappa shape index (κ2) is 8.93. The quantitative estimate of drug-likeness (QED) is 0.389. The Kier molecular flexibility index (Phi) is 6.65. The second-order valence-electron chi connectivity index (χ2n) is 5.25. The number of nitrogens with one attached hydrogen (secondary N) is 2. The lowest BCUT2D eigenvalue weighted by atomic mass is 10.1. The van der Waals surface area contributed by atoms with Gasteiger partial charge in [-0.3, -0.25) is 19.7 Å². The van der Waals surface area contributed by atoms with Crippen molar-refractivity contribution in [3.05, 3.63) is 68.7 Å². The lowest BCUT2D eigenvalue weighted by Crippen LogP contribution is -2.26. The molecule has 26 heavy (non-hydrogen) atoms. The summed E-state index contributed by atoms with van der Waals surface area (Å²) in [5.74, 6) is -0.996. The van der Waals surface area contributed by atoms with E-state index < -0.39 is 16.7 Å². The van der Waals surface area contributed by atoms with Crippen molar-refractivity contribution in [2.75, 3.05) is 18.5 Å². The maximum Gasteiger partial charge on any atom is 0.270 e. The molecule has 2 aromatic carbocycles. The van der Waals surface area contributed by atoms with Crippen molar-refractivity contribution in [3.8, 4) is 0 Å². The van der Waals surface area contributed by atoms with Crippen LogP contribution in [0.25, 0.3) is 0 Å². The molecule has 0 aliphatic heterocycles. The summed E-state index contributed by atoms with van der Waals surface area (Å²) in [6, 6.07) is 9.91. The van der Waals surface area contributed by atoms with E-state index in [1.54, 1.807) is 24.3 Å². The average Bonchev–Trinajstić information content (AvgIpc) is 2.62. The van der Waals surface area contributed by atoms with E-state index in [1.807, 2.05) is 0 Å². The maximum atomic E-state index is 12.4. The molecule has 2 amide bonds. The zero-order chi connectivity index (χ0) is 19.1. The Morgan fingerprint density at radius 2 is 1.85 bits per heavy atom. The molecule has 0 aromatic heterocycles. The highest BCUT2D eigenvalue weighted by molar-refractivity contribution is 6.34. The molecule has 3 N–H and O–H groups in total. The number of non-ortho nitro benzene ring substituents is 1. The summed E-state index contributed by atoms with van der Waals surface area (Å²) < 4.78 is 0. The van der Waals surface area contributed by atoms with E-state index in [0.29, 0.717) is 13.0 Å². The molecule has 0 bridgehead atoms. The first kappa shape index (κ1) is 19.4. The summed E-state index contributed by atoms with van der Waals surface area (Å²) in [6.45, 7) is 0.253. The summed E-state index contributed by atoms with van der Waals surface area (Å²) in [7, 11) is 0. The van der Waals surface area contributed by atoms with Crippen LogP contribution < -0.4 is 10.6 Å². The van der Waals surface area contributed by atoms with Gasteiger partial charge in [-0.05, 0) is 24.6 Å².